The Hall–Kier alpha value is -2.29. The molecule has 0 aliphatic heterocycles. The molecule has 2 radical (unpaired) electrons. The molecule has 0 amide bonds. The van der Waals surface area contributed by atoms with Gasteiger partial charge in [-0.2, -0.15) is 0 Å². The van der Waals surface area contributed by atoms with E-state index in [2.05, 4.69) is 27.4 Å². The van der Waals surface area contributed by atoms with E-state index in [1.54, 1.807) is 26.4 Å². The number of ketones is 1. The number of carbonyl (C=O) groups is 1. The fourth-order valence-electron chi connectivity index (χ4n) is 2.54. The molecule has 0 saturated carbocycles. The number of benzene rings is 1. The first-order valence-corrected chi connectivity index (χ1v) is 7.49. The Morgan fingerprint density at radius 2 is 1.74 bits per heavy atom. The minimum atomic E-state index is -0.00676. The first-order chi connectivity index (χ1) is 10.9. The molecular weight excluding hydrogens is 288 g/mol. The van der Waals surface area contributed by atoms with E-state index in [0.717, 1.165) is 16.0 Å². The molecule has 0 unspecified atom stereocenters. The molecule has 1 aromatic rings. The standard InChI is InChI=1S/C16H13O3.C4H9/c1-9-5-4-6-11-14(9)15-12(16(11)17)7-10(18-2)8-13(15)19-3;1-4(2)3/h4-8H,1H2,2-3H3;4H,1H2,2-3H3. The summed E-state index contributed by atoms with van der Waals surface area (Å²) in [5.41, 5.74) is 1.49. The van der Waals surface area contributed by atoms with Gasteiger partial charge in [-0.1, -0.05) is 45.5 Å². The quantitative estimate of drug-likeness (QED) is 0.842. The minimum absolute atomic E-state index is 0.00676. The van der Waals surface area contributed by atoms with Crippen LogP contribution in [-0.4, -0.2) is 20.0 Å². The predicted molar refractivity (Wildman–Crippen MR) is 92.6 cm³/mol. The number of ether oxygens (including phenoxy) is 2. The minimum Gasteiger partial charge on any atom is -0.497 e. The Balaban J connectivity index is 0.000000433. The van der Waals surface area contributed by atoms with Crippen LogP contribution in [0.1, 0.15) is 24.2 Å². The molecule has 0 spiro atoms. The molecule has 3 heteroatoms. The molecule has 0 saturated heterocycles. The Kier molecular flexibility index (Phi) is 5.09. The van der Waals surface area contributed by atoms with Crippen LogP contribution in [0.4, 0.5) is 0 Å². The molecule has 3 nitrogen and oxygen atoms in total. The average molecular weight is 310 g/mol. The van der Waals surface area contributed by atoms with Crippen molar-refractivity contribution >= 4 is 17.9 Å². The van der Waals surface area contributed by atoms with E-state index in [1.165, 1.54) is 0 Å². The predicted octanol–water partition coefficient (Wildman–Crippen LogP) is 2.57. The van der Waals surface area contributed by atoms with E-state index >= 15 is 0 Å². The van der Waals surface area contributed by atoms with Gasteiger partial charge in [0, 0.05) is 22.4 Å². The summed E-state index contributed by atoms with van der Waals surface area (Å²) in [5.74, 6) is 2.44. The van der Waals surface area contributed by atoms with Crippen molar-refractivity contribution in [1.29, 1.82) is 0 Å². The van der Waals surface area contributed by atoms with Crippen molar-refractivity contribution in [2.45, 2.75) is 13.8 Å². The molecule has 0 bridgehead atoms. The number of Topliss-reactive ketones (excluding diaryl/α,β-unsaturated/α-hetero) is 1. The lowest BCUT2D eigenvalue weighted by Gasteiger charge is -2.18. The molecule has 2 aliphatic carbocycles. The SMILES string of the molecule is C=c1cccc2c1=C1[C](C=C(OC)C=C1OC)C2=O.[CH2]C(C)C. The lowest BCUT2D eigenvalue weighted by Crippen LogP contribution is -2.27. The Morgan fingerprint density at radius 3 is 2.30 bits per heavy atom. The van der Waals surface area contributed by atoms with Crippen molar-refractivity contribution in [3.63, 3.8) is 0 Å². The maximum Gasteiger partial charge on any atom is 0.179 e. The molecule has 0 fully saturated rings. The molecule has 0 aromatic heterocycles. The fourth-order valence-corrected chi connectivity index (χ4v) is 2.54. The number of allylic oxidation sites excluding steroid dienone is 3. The van der Waals surface area contributed by atoms with Gasteiger partial charge in [-0.05, 0) is 17.2 Å². The number of fused-ring (bicyclic) bond motifs is 2. The van der Waals surface area contributed by atoms with Crippen molar-refractivity contribution < 1.29 is 14.3 Å². The molecule has 0 N–H and O–H groups in total. The topological polar surface area (TPSA) is 35.5 Å². The summed E-state index contributed by atoms with van der Waals surface area (Å²) in [5, 5.41) is 1.69. The second kappa shape index (κ2) is 6.86. The largest absolute Gasteiger partial charge is 0.497 e. The van der Waals surface area contributed by atoms with Gasteiger partial charge in [-0.25, -0.2) is 0 Å². The van der Waals surface area contributed by atoms with Crippen molar-refractivity contribution in [1.82, 2.24) is 0 Å². The smallest absolute Gasteiger partial charge is 0.179 e. The van der Waals surface area contributed by atoms with Gasteiger partial charge in [0.15, 0.2) is 5.78 Å². The lowest BCUT2D eigenvalue weighted by atomic mass is 9.92. The zero-order valence-corrected chi connectivity index (χ0v) is 14.1. The van der Waals surface area contributed by atoms with Crippen LogP contribution in [0.5, 0.6) is 0 Å². The van der Waals surface area contributed by atoms with E-state index in [-0.39, 0.29) is 5.78 Å². The number of methoxy groups -OCH3 is 2. The lowest BCUT2D eigenvalue weighted by molar-refractivity contribution is 0.102. The highest BCUT2D eigenvalue weighted by atomic mass is 16.5. The van der Waals surface area contributed by atoms with Gasteiger partial charge >= 0.3 is 0 Å². The zero-order valence-electron chi connectivity index (χ0n) is 14.1. The summed E-state index contributed by atoms with van der Waals surface area (Å²) in [4.78, 5) is 12.4. The monoisotopic (exact) mass is 310 g/mol. The first kappa shape index (κ1) is 17.1. The van der Waals surface area contributed by atoms with E-state index in [9.17, 15) is 4.79 Å². The third-order valence-electron chi connectivity index (χ3n) is 3.42. The van der Waals surface area contributed by atoms with Gasteiger partial charge in [-0.3, -0.25) is 4.79 Å². The molecule has 2 aliphatic rings. The Bertz CT molecular complexity index is 779. The summed E-state index contributed by atoms with van der Waals surface area (Å²) in [7, 11) is 3.16. The van der Waals surface area contributed by atoms with Crippen molar-refractivity contribution in [3.8, 4) is 0 Å². The molecule has 120 valence electrons. The average Bonchev–Trinajstić information content (AvgIpc) is 2.80. The van der Waals surface area contributed by atoms with Crippen molar-refractivity contribution in [3.05, 3.63) is 70.7 Å². The maximum atomic E-state index is 12.4. The number of rotatable bonds is 2. The van der Waals surface area contributed by atoms with Crippen LogP contribution in [0.15, 0.2) is 41.9 Å². The van der Waals surface area contributed by atoms with Gasteiger partial charge in [0.05, 0.1) is 14.2 Å². The molecule has 3 rings (SSSR count). The van der Waals surface area contributed by atoms with Gasteiger partial charge in [0.25, 0.3) is 0 Å². The number of hydrogen-bond donors (Lipinski definition) is 0. The van der Waals surface area contributed by atoms with Crippen molar-refractivity contribution in [2.24, 2.45) is 5.92 Å². The normalized spacial score (nSPS) is 16.1. The van der Waals surface area contributed by atoms with Crippen molar-refractivity contribution in [2.75, 3.05) is 14.2 Å². The van der Waals surface area contributed by atoms with Crippen LogP contribution in [0.25, 0.3) is 12.2 Å². The third kappa shape index (κ3) is 3.24. The maximum absolute atomic E-state index is 12.4. The molecule has 1 aromatic carbocycles. The van der Waals surface area contributed by atoms with Crippen LogP contribution in [0.3, 0.4) is 0 Å². The fraction of sp³-hybridized carbons (Fsp3) is 0.250. The van der Waals surface area contributed by atoms with Gasteiger partial charge in [0.2, 0.25) is 0 Å². The zero-order chi connectivity index (χ0) is 17.1. The van der Waals surface area contributed by atoms with Crippen LogP contribution in [0.2, 0.25) is 0 Å². The molecule has 23 heavy (non-hydrogen) atoms. The summed E-state index contributed by atoms with van der Waals surface area (Å²) >= 11 is 0. The Labute approximate surface area is 137 Å². The van der Waals surface area contributed by atoms with E-state index < -0.39 is 0 Å². The van der Waals surface area contributed by atoms with Gasteiger partial charge in [0.1, 0.15) is 17.4 Å². The second-order valence-electron chi connectivity index (χ2n) is 5.81. The Morgan fingerprint density at radius 1 is 1.09 bits per heavy atom. The van der Waals surface area contributed by atoms with Crippen LogP contribution in [0, 0.1) is 18.8 Å². The van der Waals surface area contributed by atoms with E-state index in [1.807, 2.05) is 18.2 Å². The van der Waals surface area contributed by atoms with E-state index in [0.29, 0.717) is 28.9 Å². The first-order valence-electron chi connectivity index (χ1n) is 7.49. The number of carbonyl (C=O) groups excluding carboxylic acids is 1. The van der Waals surface area contributed by atoms with Crippen LogP contribution >= 0.6 is 0 Å². The highest BCUT2D eigenvalue weighted by Crippen LogP contribution is 2.36. The summed E-state index contributed by atoms with van der Waals surface area (Å²) < 4.78 is 10.6. The van der Waals surface area contributed by atoms with Crippen LogP contribution in [-0.2, 0) is 9.47 Å². The van der Waals surface area contributed by atoms with Gasteiger partial charge < -0.3 is 9.47 Å². The highest BCUT2D eigenvalue weighted by Gasteiger charge is 2.36. The highest BCUT2D eigenvalue weighted by molar-refractivity contribution is 6.22. The van der Waals surface area contributed by atoms with Crippen LogP contribution < -0.4 is 10.4 Å². The molecular formula is C20H22O3. The second-order valence-corrected chi connectivity index (χ2v) is 5.81. The van der Waals surface area contributed by atoms with Gasteiger partial charge in [-0.15, -0.1) is 0 Å². The summed E-state index contributed by atoms with van der Waals surface area (Å²) in [6, 6.07) is 5.55. The summed E-state index contributed by atoms with van der Waals surface area (Å²) in [6.07, 6.45) is 3.54. The summed E-state index contributed by atoms with van der Waals surface area (Å²) in [6.45, 7) is 11.8. The molecule has 0 atom stereocenters. The third-order valence-corrected chi connectivity index (χ3v) is 3.42. The molecule has 0 heterocycles. The van der Waals surface area contributed by atoms with E-state index in [4.69, 9.17) is 9.47 Å². The number of hydrogen-bond acceptors (Lipinski definition) is 3.